The van der Waals surface area contributed by atoms with Gasteiger partial charge in [0.1, 0.15) is 24.4 Å². The maximum atomic E-state index is 16.4. The van der Waals surface area contributed by atoms with Gasteiger partial charge in [-0.15, -0.1) is 0 Å². The van der Waals surface area contributed by atoms with Crippen LogP contribution in [0.2, 0.25) is 0 Å². The van der Waals surface area contributed by atoms with Gasteiger partial charge in [-0.3, -0.25) is 18.9 Å². The number of carbonyl (C=O) groups is 3. The summed E-state index contributed by atoms with van der Waals surface area (Å²) in [6.07, 6.45) is 23.9. The summed E-state index contributed by atoms with van der Waals surface area (Å²) in [5, 5.41) is 24.9. The number of unbranched alkanes of at least 4 members (excludes halogenated alkanes) is 26. The third-order valence-corrected chi connectivity index (χ3v) is 16.7. The predicted octanol–water partition coefficient (Wildman–Crippen LogP) is 14.0. The van der Waals surface area contributed by atoms with E-state index < -0.39 is 68.8 Å². The fourth-order valence-corrected chi connectivity index (χ4v) is 12.1. The lowest BCUT2D eigenvalue weighted by Gasteiger charge is -2.44. The van der Waals surface area contributed by atoms with E-state index in [1.165, 1.54) is 109 Å². The molecule has 2 aromatic carbocycles. The molecule has 1 saturated heterocycles. The highest BCUT2D eigenvalue weighted by atomic mass is 31.2. The number of halogens is 1. The first-order chi connectivity index (χ1) is 35.6. The van der Waals surface area contributed by atoms with Crippen LogP contribution in [-0.4, -0.2) is 77.6 Å². The van der Waals surface area contributed by atoms with Crippen LogP contribution in [0.5, 0.6) is 0 Å². The lowest BCUT2D eigenvalue weighted by molar-refractivity contribution is -0.231. The third kappa shape index (κ3) is 26.9. The fourth-order valence-electron chi connectivity index (χ4n) is 9.85. The molecule has 0 bridgehead atoms. The minimum Gasteiger partial charge on any atom is -0.462 e. The van der Waals surface area contributed by atoms with E-state index in [4.69, 9.17) is 18.7 Å². The number of esters is 2. The number of nitrogens with one attached hydrogen (secondary N) is 1. The number of aliphatic hydroxyl groups is 2. The Bertz CT molecular complexity index is 1710. The highest BCUT2D eigenvalue weighted by Crippen LogP contribution is 2.48. The Labute approximate surface area is 441 Å². The largest absolute Gasteiger partial charge is 0.462 e. The first kappa shape index (κ1) is 64.1. The van der Waals surface area contributed by atoms with Gasteiger partial charge >= 0.3 is 11.9 Å². The van der Waals surface area contributed by atoms with Crippen LogP contribution in [0.25, 0.3) is 0 Å². The molecule has 1 heterocycles. The van der Waals surface area contributed by atoms with E-state index in [9.17, 15) is 24.6 Å². The number of hydrogen-bond acceptors (Lipinski definition) is 10. The molecule has 1 aliphatic heterocycles. The van der Waals surface area contributed by atoms with Gasteiger partial charge in [-0.05, 0) is 49.9 Å². The summed E-state index contributed by atoms with van der Waals surface area (Å²) in [7, 11) is -4.09. The molecule has 0 radical (unpaired) electrons. The van der Waals surface area contributed by atoms with Crippen molar-refractivity contribution in [2.24, 2.45) is 0 Å². The Kier molecular flexibility index (Phi) is 35.3. The summed E-state index contributed by atoms with van der Waals surface area (Å²) in [5.41, 5.74) is 0. The zero-order valence-electron chi connectivity index (χ0n) is 45.5. The van der Waals surface area contributed by atoms with E-state index in [1.807, 2.05) is 0 Å². The Hall–Kier alpha value is -3.15. The molecule has 0 spiro atoms. The highest BCUT2D eigenvalue weighted by Gasteiger charge is 2.52. The molecule has 1 fully saturated rings. The zero-order chi connectivity index (χ0) is 52.8. The average Bonchev–Trinajstić information content (AvgIpc) is 3.39. The number of ether oxygens (including phenoxy) is 3. The van der Waals surface area contributed by atoms with Gasteiger partial charge in [0.05, 0.1) is 25.6 Å². The molecular weight excluding hydrogens is 945 g/mol. The summed E-state index contributed by atoms with van der Waals surface area (Å²) in [4.78, 5) is 41.4. The molecule has 73 heavy (non-hydrogen) atoms. The van der Waals surface area contributed by atoms with Crippen molar-refractivity contribution < 1.29 is 52.3 Å². The van der Waals surface area contributed by atoms with Crippen molar-refractivity contribution in [1.82, 2.24) is 5.32 Å². The molecule has 2 aromatic rings. The molecule has 3 rings (SSSR count). The van der Waals surface area contributed by atoms with Gasteiger partial charge in [0.2, 0.25) is 12.3 Å². The van der Waals surface area contributed by atoms with Gasteiger partial charge < -0.3 is 34.3 Å². The lowest BCUT2D eigenvalue weighted by atomic mass is 9.96. The molecule has 13 heteroatoms. The second kappa shape index (κ2) is 40.2. The van der Waals surface area contributed by atoms with Crippen LogP contribution in [0.15, 0.2) is 60.7 Å². The van der Waals surface area contributed by atoms with E-state index in [0.29, 0.717) is 29.9 Å². The van der Waals surface area contributed by atoms with Crippen LogP contribution >= 0.6 is 7.37 Å². The van der Waals surface area contributed by atoms with Crippen LogP contribution < -0.4 is 15.9 Å². The van der Waals surface area contributed by atoms with Crippen molar-refractivity contribution in [2.75, 3.05) is 6.61 Å². The first-order valence-corrected chi connectivity index (χ1v) is 30.8. The smallest absolute Gasteiger partial charge is 0.310 e. The third-order valence-electron chi connectivity index (χ3n) is 14.2. The molecule has 0 unspecified atom stereocenters. The van der Waals surface area contributed by atoms with Crippen LogP contribution in [0.3, 0.4) is 0 Å². The zero-order valence-corrected chi connectivity index (χ0v) is 46.4. The normalized spacial score (nSPS) is 18.8. The van der Waals surface area contributed by atoms with E-state index >= 15 is 8.96 Å². The van der Waals surface area contributed by atoms with Crippen LogP contribution in [0, 0.1) is 0 Å². The minimum absolute atomic E-state index is 0.227. The number of amides is 1. The summed E-state index contributed by atoms with van der Waals surface area (Å²) in [6.45, 7) is 5.84. The maximum absolute atomic E-state index is 16.4. The lowest BCUT2D eigenvalue weighted by Crippen LogP contribution is -2.65. The Morgan fingerprint density at radius 2 is 1.01 bits per heavy atom. The van der Waals surface area contributed by atoms with Gasteiger partial charge in [-0.25, -0.2) is 4.39 Å². The predicted molar refractivity (Wildman–Crippen MR) is 293 cm³/mol. The number of alkyl halides is 1. The molecule has 0 saturated carbocycles. The second-order valence-corrected chi connectivity index (χ2v) is 23.1. The Morgan fingerprint density at radius 1 is 0.589 bits per heavy atom. The Morgan fingerprint density at radius 3 is 1.47 bits per heavy atom. The van der Waals surface area contributed by atoms with Crippen molar-refractivity contribution in [1.29, 1.82) is 0 Å². The molecule has 11 nitrogen and oxygen atoms in total. The number of benzene rings is 2. The standard InChI is InChI=1S/C60H99FNO10P/c1-4-7-10-13-16-19-20-23-26-29-38-45-55(66)69-50(40-33-28-25-22-18-15-12-9-6-3)47-56(67)71-59-57(62-54(65)46-49(64)39-32-27-24-21-17-14-11-8-5-2)60(61)70-53(48-63)58(59)72-73(68,51-41-34-30-35-42-51)52-43-36-31-37-44-52/h30-31,34-37,41-44,49-50,53,57-60,63-64H,4-29,32-33,38-40,45-48H2,1-3H3,(H,62,65)/t49-,50-,53-,57-,58-,59-,60+/m1/s1. The van der Waals surface area contributed by atoms with Gasteiger partial charge in [0.15, 0.2) is 6.10 Å². The summed E-state index contributed by atoms with van der Waals surface area (Å²) in [6, 6.07) is 15.2. The van der Waals surface area contributed by atoms with Gasteiger partial charge in [0, 0.05) is 17.0 Å². The monoisotopic (exact) mass is 1040 g/mol. The van der Waals surface area contributed by atoms with E-state index in [-0.39, 0.29) is 25.2 Å². The quantitative estimate of drug-likeness (QED) is 0.0331. The summed E-state index contributed by atoms with van der Waals surface area (Å²) >= 11 is 0. The summed E-state index contributed by atoms with van der Waals surface area (Å²) in [5.74, 6) is -1.93. The first-order valence-electron chi connectivity index (χ1n) is 29.2. The van der Waals surface area contributed by atoms with Gasteiger partial charge in [-0.2, -0.15) is 0 Å². The molecule has 7 atom stereocenters. The van der Waals surface area contributed by atoms with Crippen LogP contribution in [0.4, 0.5) is 4.39 Å². The highest BCUT2D eigenvalue weighted by molar-refractivity contribution is 7.74. The molecule has 1 aliphatic rings. The second-order valence-electron chi connectivity index (χ2n) is 20.7. The van der Waals surface area contributed by atoms with Crippen molar-refractivity contribution in [3.05, 3.63) is 60.7 Å². The molecule has 1 amide bonds. The van der Waals surface area contributed by atoms with E-state index in [1.54, 1.807) is 60.7 Å². The number of hydrogen-bond donors (Lipinski definition) is 3. The van der Waals surface area contributed by atoms with E-state index in [2.05, 4.69) is 26.1 Å². The molecule has 0 aromatic heterocycles. The number of carbonyl (C=O) groups excluding carboxylic acids is 3. The van der Waals surface area contributed by atoms with Crippen LogP contribution in [0.1, 0.15) is 239 Å². The average molecular weight is 1040 g/mol. The van der Waals surface area contributed by atoms with Gasteiger partial charge in [-0.1, -0.05) is 231 Å². The maximum Gasteiger partial charge on any atom is 0.310 e. The Balaban J connectivity index is 1.80. The van der Waals surface area contributed by atoms with Crippen molar-refractivity contribution in [3.8, 4) is 0 Å². The fraction of sp³-hybridized carbons (Fsp3) is 0.750. The van der Waals surface area contributed by atoms with Crippen molar-refractivity contribution >= 4 is 35.8 Å². The number of aliphatic hydroxyl groups excluding tert-OH is 2. The summed E-state index contributed by atoms with van der Waals surface area (Å²) < 4.78 is 56.2. The molecule has 416 valence electrons. The number of rotatable bonds is 44. The van der Waals surface area contributed by atoms with Gasteiger partial charge in [0.25, 0.3) is 7.37 Å². The topological polar surface area (TPSA) is 158 Å². The van der Waals surface area contributed by atoms with Crippen molar-refractivity contribution in [2.45, 2.75) is 282 Å². The molecular formula is C60H99FNO10P. The van der Waals surface area contributed by atoms with Crippen molar-refractivity contribution in [3.63, 3.8) is 0 Å². The minimum atomic E-state index is -4.09. The van der Waals surface area contributed by atoms with E-state index in [0.717, 1.165) is 70.6 Å². The SMILES string of the molecule is CCCCCCCCCCCCCC(=O)O[C@H](CCCCCCCCCCC)CC(=O)O[C@@H]1[C@@H](NC(=O)C[C@H](O)CCCCCCCCCCC)[C@@H](F)O[C@H](CO)[C@H]1OP(=O)(c1ccccc1)c1ccccc1. The molecule has 3 N–H and O–H groups in total. The van der Waals surface area contributed by atoms with Crippen LogP contribution in [-0.2, 0) is 37.7 Å². The molecule has 0 aliphatic carbocycles.